The lowest BCUT2D eigenvalue weighted by Gasteiger charge is -2.19. The first-order chi connectivity index (χ1) is 10.7. The van der Waals surface area contributed by atoms with Crippen molar-refractivity contribution in [3.05, 3.63) is 30.5 Å². The number of urea groups is 1. The summed E-state index contributed by atoms with van der Waals surface area (Å²) >= 11 is 0. The normalized spacial score (nSPS) is 10.9. The molecule has 6 nitrogen and oxygen atoms in total. The fraction of sp³-hybridized carbons (Fsp3) is 0.438. The van der Waals surface area contributed by atoms with Crippen LogP contribution < -0.4 is 5.32 Å². The van der Waals surface area contributed by atoms with Crippen LogP contribution in [-0.2, 0) is 11.3 Å². The Balaban J connectivity index is 2.25. The summed E-state index contributed by atoms with van der Waals surface area (Å²) in [4.78, 5) is 13.8. The van der Waals surface area contributed by atoms with Gasteiger partial charge in [-0.25, -0.2) is 4.79 Å². The van der Waals surface area contributed by atoms with Crippen LogP contribution >= 0.6 is 0 Å². The number of fused-ring (bicyclic) bond motifs is 1. The van der Waals surface area contributed by atoms with Crippen LogP contribution in [0.4, 0.5) is 10.5 Å². The molecule has 0 fully saturated rings. The first kappa shape index (κ1) is 16.3. The lowest BCUT2D eigenvalue weighted by molar-refractivity contribution is 0.188. The molecule has 120 valence electrons. The molecule has 0 aliphatic carbocycles. The molecule has 0 bridgehead atoms. The van der Waals surface area contributed by atoms with E-state index in [0.717, 1.165) is 23.1 Å². The van der Waals surface area contributed by atoms with Crippen LogP contribution in [0.2, 0.25) is 0 Å². The smallest absolute Gasteiger partial charge is 0.321 e. The average Bonchev–Trinajstić information content (AvgIpc) is 2.88. The molecular weight excluding hydrogens is 282 g/mol. The zero-order valence-corrected chi connectivity index (χ0v) is 13.1. The van der Waals surface area contributed by atoms with Crippen molar-refractivity contribution in [3.63, 3.8) is 0 Å². The Bertz CT molecular complexity index is 624. The van der Waals surface area contributed by atoms with Crippen LogP contribution in [0.1, 0.15) is 6.92 Å². The number of ether oxygens (including phenoxy) is 1. The Labute approximate surface area is 130 Å². The molecule has 6 heteroatoms. The summed E-state index contributed by atoms with van der Waals surface area (Å²) in [5.41, 5.74) is 1.83. The molecule has 1 heterocycles. The lowest BCUT2D eigenvalue weighted by Crippen LogP contribution is -2.36. The molecule has 2 N–H and O–H groups in total. The van der Waals surface area contributed by atoms with E-state index in [1.807, 2.05) is 37.4 Å². The molecule has 0 radical (unpaired) electrons. The summed E-state index contributed by atoms with van der Waals surface area (Å²) in [5.74, 6) is 0. The minimum absolute atomic E-state index is 0.0448. The zero-order chi connectivity index (χ0) is 15.9. The van der Waals surface area contributed by atoms with E-state index in [1.165, 1.54) is 0 Å². The van der Waals surface area contributed by atoms with Crippen molar-refractivity contribution < 1.29 is 14.6 Å². The number of anilines is 1. The third kappa shape index (κ3) is 3.58. The summed E-state index contributed by atoms with van der Waals surface area (Å²) < 4.78 is 7.19. The highest BCUT2D eigenvalue weighted by Crippen LogP contribution is 2.26. The number of nitrogens with one attached hydrogen (secondary N) is 1. The van der Waals surface area contributed by atoms with Gasteiger partial charge in [-0.15, -0.1) is 0 Å². The molecule has 22 heavy (non-hydrogen) atoms. The lowest BCUT2D eigenvalue weighted by atomic mass is 10.2. The maximum absolute atomic E-state index is 12.3. The summed E-state index contributed by atoms with van der Waals surface area (Å²) in [5, 5.41) is 12.9. The standard InChI is InChI=1S/C16H23N3O3/c1-3-18(8-10-20)16(21)17-14-12-19(9-11-22-2)15-7-5-4-6-13(14)15/h4-7,12,20H,3,8-11H2,1-2H3,(H,17,21). The van der Waals surface area contributed by atoms with Crippen LogP contribution in [0.25, 0.3) is 10.9 Å². The number of methoxy groups -OCH3 is 1. The maximum atomic E-state index is 12.3. The maximum Gasteiger partial charge on any atom is 0.321 e. The predicted molar refractivity (Wildman–Crippen MR) is 87.2 cm³/mol. The third-order valence-electron chi connectivity index (χ3n) is 3.61. The SMILES string of the molecule is CCN(CCO)C(=O)Nc1cn(CCOC)c2ccccc12. The van der Waals surface area contributed by atoms with E-state index >= 15 is 0 Å². The molecule has 2 rings (SSSR count). The zero-order valence-electron chi connectivity index (χ0n) is 13.1. The van der Waals surface area contributed by atoms with Gasteiger partial charge in [0.25, 0.3) is 0 Å². The van der Waals surface area contributed by atoms with Crippen molar-refractivity contribution >= 4 is 22.6 Å². The molecule has 0 saturated carbocycles. The molecule has 0 aliphatic rings. The highest BCUT2D eigenvalue weighted by Gasteiger charge is 2.14. The highest BCUT2D eigenvalue weighted by atomic mass is 16.5. The molecule has 0 spiro atoms. The topological polar surface area (TPSA) is 66.7 Å². The van der Waals surface area contributed by atoms with Crippen LogP contribution in [0.15, 0.2) is 30.5 Å². The van der Waals surface area contributed by atoms with Gasteiger partial charge >= 0.3 is 6.03 Å². The Morgan fingerprint density at radius 3 is 2.86 bits per heavy atom. The van der Waals surface area contributed by atoms with Gasteiger partial charge in [0.15, 0.2) is 0 Å². The second kappa shape index (κ2) is 7.82. The molecule has 2 aromatic rings. The predicted octanol–water partition coefficient (Wildman–Crippen LogP) is 2.13. The van der Waals surface area contributed by atoms with Crippen LogP contribution in [0, 0.1) is 0 Å². The number of aromatic nitrogens is 1. The van der Waals surface area contributed by atoms with E-state index in [2.05, 4.69) is 9.88 Å². The monoisotopic (exact) mass is 305 g/mol. The number of rotatable bonds is 7. The van der Waals surface area contributed by atoms with Crippen LogP contribution in [0.5, 0.6) is 0 Å². The number of benzene rings is 1. The van der Waals surface area contributed by atoms with Crippen LogP contribution in [0.3, 0.4) is 0 Å². The molecule has 0 unspecified atom stereocenters. The molecular formula is C16H23N3O3. The third-order valence-corrected chi connectivity index (χ3v) is 3.61. The first-order valence-corrected chi connectivity index (χ1v) is 7.44. The fourth-order valence-electron chi connectivity index (χ4n) is 2.44. The number of nitrogens with zero attached hydrogens (tertiary/aromatic N) is 2. The van der Waals surface area contributed by atoms with Gasteiger partial charge in [-0.2, -0.15) is 0 Å². The molecule has 2 amide bonds. The highest BCUT2D eigenvalue weighted by molar-refractivity contribution is 6.01. The Hall–Kier alpha value is -2.05. The number of hydrogen-bond acceptors (Lipinski definition) is 3. The Kier molecular flexibility index (Phi) is 5.80. The van der Waals surface area contributed by atoms with Gasteiger partial charge in [-0.05, 0) is 13.0 Å². The molecule has 0 saturated heterocycles. The van der Waals surface area contributed by atoms with Crippen LogP contribution in [-0.4, -0.2) is 54.0 Å². The number of aliphatic hydroxyl groups is 1. The Morgan fingerprint density at radius 2 is 2.18 bits per heavy atom. The van der Waals surface area contributed by atoms with Gasteiger partial charge < -0.3 is 24.6 Å². The van der Waals surface area contributed by atoms with Gasteiger partial charge in [0.05, 0.1) is 24.4 Å². The number of aliphatic hydroxyl groups excluding tert-OH is 1. The number of para-hydroxylation sites is 1. The minimum Gasteiger partial charge on any atom is -0.395 e. The van der Waals surface area contributed by atoms with E-state index in [1.54, 1.807) is 12.0 Å². The summed E-state index contributed by atoms with van der Waals surface area (Å²) in [6.45, 7) is 4.05. The van der Waals surface area contributed by atoms with Crippen molar-refractivity contribution in [2.24, 2.45) is 0 Å². The van der Waals surface area contributed by atoms with Crippen molar-refractivity contribution in [2.75, 3.05) is 38.7 Å². The quantitative estimate of drug-likeness (QED) is 0.823. The van der Waals surface area contributed by atoms with E-state index in [4.69, 9.17) is 9.84 Å². The Morgan fingerprint density at radius 1 is 1.41 bits per heavy atom. The van der Waals surface area contributed by atoms with E-state index in [-0.39, 0.29) is 12.6 Å². The first-order valence-electron chi connectivity index (χ1n) is 7.44. The van der Waals surface area contributed by atoms with Crippen molar-refractivity contribution in [2.45, 2.75) is 13.5 Å². The number of carbonyl (C=O) groups excluding carboxylic acids is 1. The number of carbonyl (C=O) groups is 1. The number of amides is 2. The van der Waals surface area contributed by atoms with Crippen molar-refractivity contribution in [1.82, 2.24) is 9.47 Å². The minimum atomic E-state index is -0.203. The average molecular weight is 305 g/mol. The number of likely N-dealkylation sites (N-methyl/N-ethyl adjacent to an activating group) is 1. The molecule has 0 atom stereocenters. The van der Waals surface area contributed by atoms with Gasteiger partial charge in [-0.1, -0.05) is 18.2 Å². The second-order valence-corrected chi connectivity index (χ2v) is 4.98. The van der Waals surface area contributed by atoms with Gasteiger partial charge in [-0.3, -0.25) is 0 Å². The largest absolute Gasteiger partial charge is 0.395 e. The molecule has 1 aromatic carbocycles. The second-order valence-electron chi connectivity index (χ2n) is 4.98. The van der Waals surface area contributed by atoms with E-state index in [9.17, 15) is 4.79 Å². The fourth-order valence-corrected chi connectivity index (χ4v) is 2.44. The van der Waals surface area contributed by atoms with Gasteiger partial charge in [0.2, 0.25) is 0 Å². The van der Waals surface area contributed by atoms with Gasteiger partial charge in [0, 0.05) is 38.3 Å². The number of hydrogen-bond donors (Lipinski definition) is 2. The van der Waals surface area contributed by atoms with E-state index in [0.29, 0.717) is 19.7 Å². The molecule has 1 aromatic heterocycles. The summed E-state index contributed by atoms with van der Waals surface area (Å²) in [6, 6.07) is 7.72. The van der Waals surface area contributed by atoms with E-state index < -0.39 is 0 Å². The van der Waals surface area contributed by atoms with Crippen molar-refractivity contribution in [3.8, 4) is 0 Å². The van der Waals surface area contributed by atoms with Crippen molar-refractivity contribution in [1.29, 1.82) is 0 Å². The molecule has 0 aliphatic heterocycles. The van der Waals surface area contributed by atoms with Gasteiger partial charge in [0.1, 0.15) is 0 Å². The summed E-state index contributed by atoms with van der Waals surface area (Å²) in [6.07, 6.45) is 1.92. The summed E-state index contributed by atoms with van der Waals surface area (Å²) in [7, 11) is 1.67.